The van der Waals surface area contributed by atoms with E-state index in [1.165, 1.54) is 0 Å². The van der Waals surface area contributed by atoms with E-state index in [-0.39, 0.29) is 12.1 Å². The largest absolute Gasteiger partial charge is 0.329 e. The molecule has 2 unspecified atom stereocenters. The van der Waals surface area contributed by atoms with Crippen molar-refractivity contribution in [3.63, 3.8) is 0 Å². The fourth-order valence-electron chi connectivity index (χ4n) is 2.49. The summed E-state index contributed by atoms with van der Waals surface area (Å²) in [5.74, 6) is 0.621. The molecule has 6 heteroatoms. The summed E-state index contributed by atoms with van der Waals surface area (Å²) in [5, 5.41) is 0. The van der Waals surface area contributed by atoms with Crippen molar-refractivity contribution in [2.45, 2.75) is 51.1 Å². The quantitative estimate of drug-likeness (QED) is 0.753. The van der Waals surface area contributed by atoms with E-state index in [4.69, 9.17) is 5.73 Å². The Morgan fingerprint density at radius 2 is 2.06 bits per heavy atom. The number of hydrogen-bond acceptors (Lipinski definition) is 3. The van der Waals surface area contributed by atoms with Crippen LogP contribution in [-0.4, -0.2) is 37.9 Å². The summed E-state index contributed by atoms with van der Waals surface area (Å²) < 4.78 is 28.6. The summed E-state index contributed by atoms with van der Waals surface area (Å²) in [6.45, 7) is 3.19. The normalized spacial score (nSPS) is 31.6. The van der Waals surface area contributed by atoms with Crippen LogP contribution in [0.4, 0.5) is 0 Å². The summed E-state index contributed by atoms with van der Waals surface area (Å²) >= 11 is 0. The minimum absolute atomic E-state index is 0.0232. The molecule has 5 nitrogen and oxygen atoms in total. The Labute approximate surface area is 104 Å². The lowest BCUT2D eigenvalue weighted by Gasteiger charge is -2.37. The molecular formula is C11H23N3O2S. The monoisotopic (exact) mass is 261 g/mol. The van der Waals surface area contributed by atoms with E-state index in [1.807, 2.05) is 0 Å². The topological polar surface area (TPSA) is 75.4 Å². The molecule has 2 aliphatic rings. The molecule has 1 aliphatic heterocycles. The molecular weight excluding hydrogens is 238 g/mol. The molecule has 0 aromatic heterocycles. The third-order valence-electron chi connectivity index (χ3n) is 3.82. The molecule has 1 saturated heterocycles. The number of nitrogens with two attached hydrogens (primary N) is 1. The van der Waals surface area contributed by atoms with Crippen molar-refractivity contribution in [2.75, 3.05) is 13.1 Å². The van der Waals surface area contributed by atoms with Crippen molar-refractivity contribution in [1.82, 2.24) is 9.03 Å². The van der Waals surface area contributed by atoms with Crippen LogP contribution in [0.1, 0.15) is 39.0 Å². The van der Waals surface area contributed by atoms with Crippen LogP contribution in [-0.2, 0) is 10.2 Å². The van der Waals surface area contributed by atoms with E-state index in [2.05, 4.69) is 11.6 Å². The van der Waals surface area contributed by atoms with Crippen LogP contribution in [0.25, 0.3) is 0 Å². The Morgan fingerprint density at radius 1 is 1.35 bits per heavy atom. The molecule has 3 N–H and O–H groups in total. The third kappa shape index (κ3) is 3.19. The maximum atomic E-state index is 12.2. The highest BCUT2D eigenvalue weighted by atomic mass is 32.2. The summed E-state index contributed by atoms with van der Waals surface area (Å²) in [7, 11) is -3.31. The maximum absolute atomic E-state index is 12.2. The van der Waals surface area contributed by atoms with Gasteiger partial charge in [-0.1, -0.05) is 13.3 Å². The Kier molecular flexibility index (Phi) is 4.07. The van der Waals surface area contributed by atoms with Crippen LogP contribution in [0.5, 0.6) is 0 Å². The van der Waals surface area contributed by atoms with Gasteiger partial charge in [0, 0.05) is 25.2 Å². The van der Waals surface area contributed by atoms with Crippen molar-refractivity contribution in [3.8, 4) is 0 Å². The minimum atomic E-state index is -3.31. The Morgan fingerprint density at radius 3 is 2.59 bits per heavy atom. The molecule has 0 aromatic carbocycles. The molecule has 2 rings (SSSR count). The van der Waals surface area contributed by atoms with Crippen molar-refractivity contribution in [3.05, 3.63) is 0 Å². The zero-order chi connectivity index (χ0) is 12.5. The second-order valence-corrected chi connectivity index (χ2v) is 6.85. The van der Waals surface area contributed by atoms with E-state index >= 15 is 0 Å². The fraction of sp³-hybridized carbons (Fsp3) is 1.00. The van der Waals surface area contributed by atoms with Crippen LogP contribution >= 0.6 is 0 Å². The Hall–Kier alpha value is -0.170. The van der Waals surface area contributed by atoms with Crippen molar-refractivity contribution in [1.29, 1.82) is 0 Å². The Bertz CT molecular complexity index is 354. The molecule has 2 atom stereocenters. The number of nitrogens with zero attached hydrogens (tertiary/aromatic N) is 1. The number of nitrogens with one attached hydrogen (secondary N) is 1. The van der Waals surface area contributed by atoms with E-state index < -0.39 is 10.2 Å². The SMILES string of the molecule is CCC1CCN(S(=O)(=O)NC2CC2)C(CN)C1. The zero-order valence-electron chi connectivity index (χ0n) is 10.4. The van der Waals surface area contributed by atoms with Gasteiger partial charge >= 0.3 is 0 Å². The molecule has 100 valence electrons. The van der Waals surface area contributed by atoms with Crippen molar-refractivity contribution >= 4 is 10.2 Å². The second-order valence-electron chi connectivity index (χ2n) is 5.20. The molecule has 0 aromatic rings. The standard InChI is InChI=1S/C11H23N3O2S/c1-2-9-5-6-14(11(7-9)8-12)17(15,16)13-10-3-4-10/h9-11,13H,2-8,12H2,1H3. The van der Waals surface area contributed by atoms with Gasteiger partial charge in [0.2, 0.25) is 0 Å². The van der Waals surface area contributed by atoms with E-state index in [1.54, 1.807) is 4.31 Å². The van der Waals surface area contributed by atoms with Gasteiger partial charge < -0.3 is 5.73 Å². The summed E-state index contributed by atoms with van der Waals surface area (Å²) in [5.41, 5.74) is 5.72. The fourth-order valence-corrected chi connectivity index (χ4v) is 4.20. The summed E-state index contributed by atoms with van der Waals surface area (Å²) in [4.78, 5) is 0. The van der Waals surface area contributed by atoms with Gasteiger partial charge in [0.25, 0.3) is 10.2 Å². The molecule has 1 saturated carbocycles. The van der Waals surface area contributed by atoms with Gasteiger partial charge in [-0.05, 0) is 31.6 Å². The molecule has 17 heavy (non-hydrogen) atoms. The Balaban J connectivity index is 2.03. The lowest BCUT2D eigenvalue weighted by Crippen LogP contribution is -2.53. The third-order valence-corrected chi connectivity index (χ3v) is 5.55. The van der Waals surface area contributed by atoms with Crippen LogP contribution < -0.4 is 10.5 Å². The van der Waals surface area contributed by atoms with Gasteiger partial charge in [0.05, 0.1) is 0 Å². The highest BCUT2D eigenvalue weighted by Crippen LogP contribution is 2.28. The van der Waals surface area contributed by atoms with Gasteiger partial charge in [0.1, 0.15) is 0 Å². The molecule has 1 heterocycles. The van der Waals surface area contributed by atoms with Gasteiger partial charge in [-0.25, -0.2) is 0 Å². The average Bonchev–Trinajstić information content (AvgIpc) is 3.11. The van der Waals surface area contributed by atoms with Gasteiger partial charge in [-0.2, -0.15) is 17.4 Å². The van der Waals surface area contributed by atoms with Crippen molar-refractivity contribution < 1.29 is 8.42 Å². The lowest BCUT2D eigenvalue weighted by atomic mass is 9.90. The first-order valence-electron chi connectivity index (χ1n) is 6.56. The second kappa shape index (κ2) is 5.22. The molecule has 0 radical (unpaired) electrons. The van der Waals surface area contributed by atoms with E-state index in [9.17, 15) is 8.42 Å². The smallest absolute Gasteiger partial charge is 0.279 e. The number of hydrogen-bond donors (Lipinski definition) is 2. The van der Waals surface area contributed by atoms with Crippen molar-refractivity contribution in [2.24, 2.45) is 11.7 Å². The predicted octanol–water partition coefficient (Wildman–Crippen LogP) is 0.433. The average molecular weight is 261 g/mol. The highest BCUT2D eigenvalue weighted by molar-refractivity contribution is 7.87. The lowest BCUT2D eigenvalue weighted by molar-refractivity contribution is 0.195. The predicted molar refractivity (Wildman–Crippen MR) is 67.6 cm³/mol. The van der Waals surface area contributed by atoms with Gasteiger partial charge in [-0.15, -0.1) is 0 Å². The first-order valence-corrected chi connectivity index (χ1v) is 8.00. The molecule has 0 amide bonds. The van der Waals surface area contributed by atoms with Crippen LogP contribution in [0.3, 0.4) is 0 Å². The minimum Gasteiger partial charge on any atom is -0.329 e. The number of piperidine rings is 1. The zero-order valence-corrected chi connectivity index (χ0v) is 11.2. The van der Waals surface area contributed by atoms with Gasteiger partial charge in [-0.3, -0.25) is 0 Å². The van der Waals surface area contributed by atoms with Crippen LogP contribution in [0, 0.1) is 5.92 Å². The first-order chi connectivity index (χ1) is 8.06. The van der Waals surface area contributed by atoms with E-state index in [0.717, 1.165) is 32.1 Å². The maximum Gasteiger partial charge on any atom is 0.279 e. The van der Waals surface area contributed by atoms with Crippen LogP contribution in [0.2, 0.25) is 0 Å². The van der Waals surface area contributed by atoms with E-state index in [0.29, 0.717) is 19.0 Å². The molecule has 0 bridgehead atoms. The van der Waals surface area contributed by atoms with Gasteiger partial charge in [0.15, 0.2) is 0 Å². The number of rotatable bonds is 5. The molecule has 2 fully saturated rings. The molecule has 1 aliphatic carbocycles. The van der Waals surface area contributed by atoms with Crippen LogP contribution in [0.15, 0.2) is 0 Å². The summed E-state index contributed by atoms with van der Waals surface area (Å²) in [6.07, 6.45) is 4.91. The molecule has 0 spiro atoms. The first kappa shape index (κ1) is 13.3. The highest BCUT2D eigenvalue weighted by Gasteiger charge is 2.37. The summed E-state index contributed by atoms with van der Waals surface area (Å²) in [6, 6.07) is 0.146.